The Morgan fingerprint density at radius 3 is 2.94 bits per heavy atom. The zero-order valence-electron chi connectivity index (χ0n) is 11.1. The number of hydrogen-bond donors (Lipinski definition) is 1. The van der Waals surface area contributed by atoms with E-state index in [2.05, 4.69) is 41.2 Å². The molecule has 1 unspecified atom stereocenters. The molecule has 0 spiro atoms. The van der Waals surface area contributed by atoms with Crippen LogP contribution in [-0.4, -0.2) is 11.5 Å². The van der Waals surface area contributed by atoms with Gasteiger partial charge in [0.25, 0.3) is 0 Å². The summed E-state index contributed by atoms with van der Waals surface area (Å²) in [6.45, 7) is 7.16. The van der Waals surface area contributed by atoms with Gasteiger partial charge in [-0.15, -0.1) is 11.8 Å². The molecule has 2 nitrogen and oxygen atoms in total. The van der Waals surface area contributed by atoms with Crippen LogP contribution in [0.15, 0.2) is 18.3 Å². The van der Waals surface area contributed by atoms with E-state index in [0.29, 0.717) is 6.04 Å². The molecule has 0 saturated carbocycles. The van der Waals surface area contributed by atoms with E-state index in [1.165, 1.54) is 5.56 Å². The summed E-state index contributed by atoms with van der Waals surface area (Å²) in [4.78, 5) is 4.24. The van der Waals surface area contributed by atoms with Gasteiger partial charge in [0.2, 0.25) is 0 Å². The maximum absolute atomic E-state index is 4.24. The molecule has 0 fully saturated rings. The van der Waals surface area contributed by atoms with E-state index in [-0.39, 0.29) is 0 Å². The average molecular weight is 230 g/mol. The van der Waals surface area contributed by atoms with Crippen LogP contribution in [0.4, 0.5) is 0 Å². The van der Waals surface area contributed by atoms with Crippen molar-refractivity contribution in [3.05, 3.63) is 29.6 Å². The van der Waals surface area contributed by atoms with Crippen molar-refractivity contribution in [2.45, 2.75) is 46.1 Å². The average Bonchev–Trinajstić information content (AvgIpc) is 2.33. The number of nitrogens with zero attached hydrogens (tertiary/aromatic N) is 1. The Morgan fingerprint density at radius 1 is 1.47 bits per heavy atom. The first-order valence-electron chi connectivity index (χ1n) is 6.33. The molecule has 1 aromatic heterocycles. The summed E-state index contributed by atoms with van der Waals surface area (Å²) in [5, 5.41) is 3.58. The summed E-state index contributed by atoms with van der Waals surface area (Å²) >= 11 is 0. The fourth-order valence-corrected chi connectivity index (χ4v) is 1.83. The second-order valence-electron chi connectivity index (χ2n) is 4.20. The van der Waals surface area contributed by atoms with Crippen molar-refractivity contribution < 1.29 is 0 Å². The monoisotopic (exact) mass is 230 g/mol. The minimum atomic E-state index is 0.400. The van der Waals surface area contributed by atoms with Gasteiger partial charge in [0.15, 0.2) is 0 Å². The molecule has 17 heavy (non-hydrogen) atoms. The highest BCUT2D eigenvalue weighted by Gasteiger charge is 2.09. The first-order chi connectivity index (χ1) is 8.27. The Morgan fingerprint density at radius 2 is 2.29 bits per heavy atom. The largest absolute Gasteiger partial charge is 0.310 e. The van der Waals surface area contributed by atoms with E-state index < -0.39 is 0 Å². The number of hydrogen-bond acceptors (Lipinski definition) is 2. The van der Waals surface area contributed by atoms with Gasteiger partial charge in [-0.25, -0.2) is 0 Å². The van der Waals surface area contributed by atoms with Gasteiger partial charge in [-0.2, -0.15) is 0 Å². The van der Waals surface area contributed by atoms with E-state index in [1.807, 2.05) is 20.0 Å². The lowest BCUT2D eigenvalue weighted by molar-refractivity contribution is 0.505. The van der Waals surface area contributed by atoms with E-state index in [4.69, 9.17) is 0 Å². The SMILES string of the molecule is CC#CCCC(NCCC)c1ccnc(C)c1. The zero-order chi connectivity index (χ0) is 12.5. The fourth-order valence-electron chi connectivity index (χ4n) is 1.83. The minimum absolute atomic E-state index is 0.400. The molecule has 1 heterocycles. The van der Waals surface area contributed by atoms with E-state index in [1.54, 1.807) is 0 Å². The molecule has 0 saturated heterocycles. The van der Waals surface area contributed by atoms with Crippen molar-refractivity contribution in [3.8, 4) is 11.8 Å². The van der Waals surface area contributed by atoms with Crippen molar-refractivity contribution in [1.29, 1.82) is 0 Å². The van der Waals surface area contributed by atoms with E-state index >= 15 is 0 Å². The summed E-state index contributed by atoms with van der Waals surface area (Å²) in [6.07, 6.45) is 5.04. The van der Waals surface area contributed by atoms with Crippen LogP contribution in [-0.2, 0) is 0 Å². The maximum atomic E-state index is 4.24. The summed E-state index contributed by atoms with van der Waals surface area (Å²) < 4.78 is 0. The lowest BCUT2D eigenvalue weighted by atomic mass is 10.0. The van der Waals surface area contributed by atoms with Crippen molar-refractivity contribution in [3.63, 3.8) is 0 Å². The summed E-state index contributed by atoms with van der Waals surface area (Å²) in [5.74, 6) is 6.09. The molecule has 1 N–H and O–H groups in total. The molecule has 0 aliphatic carbocycles. The number of nitrogens with one attached hydrogen (secondary N) is 1. The summed E-state index contributed by atoms with van der Waals surface area (Å²) in [7, 11) is 0. The normalized spacial score (nSPS) is 11.7. The molecule has 0 radical (unpaired) electrons. The molecule has 0 aliphatic heterocycles. The number of rotatable bonds is 6. The molecule has 92 valence electrons. The second kappa shape index (κ2) is 7.86. The Kier molecular flexibility index (Phi) is 6.35. The van der Waals surface area contributed by atoms with Crippen molar-refractivity contribution in [2.75, 3.05) is 6.54 Å². The molecule has 0 amide bonds. The fraction of sp³-hybridized carbons (Fsp3) is 0.533. The van der Waals surface area contributed by atoms with Gasteiger partial charge in [0, 0.05) is 24.4 Å². The van der Waals surface area contributed by atoms with Crippen LogP contribution in [0.3, 0.4) is 0 Å². The third kappa shape index (κ3) is 5.01. The smallest absolute Gasteiger partial charge is 0.0375 e. The van der Waals surface area contributed by atoms with Crippen molar-refractivity contribution in [1.82, 2.24) is 10.3 Å². The molecule has 2 heteroatoms. The number of pyridine rings is 1. The van der Waals surface area contributed by atoms with Crippen molar-refractivity contribution in [2.24, 2.45) is 0 Å². The Balaban J connectivity index is 2.69. The van der Waals surface area contributed by atoms with E-state index in [0.717, 1.165) is 31.5 Å². The lowest BCUT2D eigenvalue weighted by Gasteiger charge is -2.18. The molecular weight excluding hydrogens is 208 g/mol. The van der Waals surface area contributed by atoms with E-state index in [9.17, 15) is 0 Å². The molecule has 0 aromatic carbocycles. The van der Waals surface area contributed by atoms with Gasteiger partial charge in [0.1, 0.15) is 0 Å². The van der Waals surface area contributed by atoms with Crippen LogP contribution in [0.5, 0.6) is 0 Å². The summed E-state index contributed by atoms with van der Waals surface area (Å²) in [5.41, 5.74) is 2.40. The standard InChI is InChI=1S/C15H22N2/c1-4-6-7-8-15(17-10-5-2)14-9-11-16-13(3)12-14/h9,11-12,15,17H,5,7-8,10H2,1-3H3. The highest BCUT2D eigenvalue weighted by atomic mass is 14.9. The molecule has 0 bridgehead atoms. The molecule has 0 aliphatic rings. The van der Waals surface area contributed by atoms with Gasteiger partial charge in [-0.3, -0.25) is 4.98 Å². The highest BCUT2D eigenvalue weighted by molar-refractivity contribution is 5.19. The topological polar surface area (TPSA) is 24.9 Å². The quantitative estimate of drug-likeness (QED) is 0.759. The van der Waals surface area contributed by atoms with Crippen molar-refractivity contribution >= 4 is 0 Å². The molecular formula is C15H22N2. The van der Waals surface area contributed by atoms with Gasteiger partial charge < -0.3 is 5.32 Å². The Hall–Kier alpha value is -1.33. The Labute approximate surface area is 105 Å². The lowest BCUT2D eigenvalue weighted by Crippen LogP contribution is -2.22. The minimum Gasteiger partial charge on any atom is -0.310 e. The van der Waals surface area contributed by atoms with Gasteiger partial charge in [-0.1, -0.05) is 6.92 Å². The van der Waals surface area contributed by atoms with Crippen LogP contribution in [0, 0.1) is 18.8 Å². The zero-order valence-corrected chi connectivity index (χ0v) is 11.1. The van der Waals surface area contributed by atoms with Crippen LogP contribution in [0.1, 0.15) is 50.4 Å². The summed E-state index contributed by atoms with van der Waals surface area (Å²) in [6, 6.07) is 4.66. The molecule has 1 atom stereocenters. The predicted octanol–water partition coefficient (Wildman–Crippen LogP) is 3.23. The predicted molar refractivity (Wildman–Crippen MR) is 72.7 cm³/mol. The molecule has 1 rings (SSSR count). The number of aryl methyl sites for hydroxylation is 1. The first kappa shape index (κ1) is 13.7. The Bertz CT molecular complexity index is 387. The number of aromatic nitrogens is 1. The van der Waals surface area contributed by atoms with Crippen LogP contribution in [0.25, 0.3) is 0 Å². The third-order valence-corrected chi connectivity index (χ3v) is 2.70. The maximum Gasteiger partial charge on any atom is 0.0375 e. The van der Waals surface area contributed by atoms with Gasteiger partial charge >= 0.3 is 0 Å². The first-order valence-corrected chi connectivity index (χ1v) is 6.33. The third-order valence-electron chi connectivity index (χ3n) is 2.70. The highest BCUT2D eigenvalue weighted by Crippen LogP contribution is 2.18. The van der Waals surface area contributed by atoms with Gasteiger partial charge in [-0.05, 0) is 50.9 Å². The second-order valence-corrected chi connectivity index (χ2v) is 4.20. The molecule has 1 aromatic rings. The van der Waals surface area contributed by atoms with Crippen LogP contribution in [0.2, 0.25) is 0 Å². The van der Waals surface area contributed by atoms with Crippen LogP contribution >= 0.6 is 0 Å². The van der Waals surface area contributed by atoms with Crippen LogP contribution < -0.4 is 5.32 Å². The van der Waals surface area contributed by atoms with Gasteiger partial charge in [0.05, 0.1) is 0 Å².